The molecule has 1 aromatic heterocycles. The highest BCUT2D eigenvalue weighted by atomic mass is 16.6. The summed E-state index contributed by atoms with van der Waals surface area (Å²) in [4.78, 5) is 52.2. The Morgan fingerprint density at radius 1 is 1.26 bits per heavy atom. The minimum atomic E-state index is -1.07. The molecule has 0 radical (unpaired) electrons. The number of rotatable bonds is 6. The van der Waals surface area contributed by atoms with E-state index in [1.54, 1.807) is 6.07 Å². The lowest BCUT2D eigenvalue weighted by atomic mass is 9.43. The van der Waals surface area contributed by atoms with Crippen molar-refractivity contribution in [1.82, 2.24) is 0 Å². The molecule has 0 spiro atoms. The Balaban J connectivity index is 1.71. The van der Waals surface area contributed by atoms with Crippen LogP contribution < -0.4 is 0 Å². The number of carbonyl (C=O) groups excluding carboxylic acids is 4. The van der Waals surface area contributed by atoms with Gasteiger partial charge in [-0.15, -0.1) is 12.3 Å². The predicted molar refractivity (Wildman–Crippen MR) is 122 cm³/mol. The van der Waals surface area contributed by atoms with Crippen molar-refractivity contribution in [1.29, 1.82) is 0 Å². The average molecular weight is 485 g/mol. The van der Waals surface area contributed by atoms with Crippen molar-refractivity contribution in [3.05, 3.63) is 24.2 Å². The molecule has 0 aromatic carbocycles. The van der Waals surface area contributed by atoms with Gasteiger partial charge >= 0.3 is 17.9 Å². The molecule has 3 aliphatic rings. The van der Waals surface area contributed by atoms with Crippen LogP contribution in [0.25, 0.3) is 0 Å². The zero-order valence-electron chi connectivity index (χ0n) is 20.4. The highest BCUT2D eigenvalue weighted by molar-refractivity contribution is 5.93. The summed E-state index contributed by atoms with van der Waals surface area (Å²) in [6, 6.07) is 1.74. The summed E-state index contributed by atoms with van der Waals surface area (Å²) in [6.45, 7) is 5.28. The van der Waals surface area contributed by atoms with E-state index in [2.05, 4.69) is 5.92 Å². The molecule has 2 heterocycles. The molecule has 2 aliphatic carbocycles. The molecule has 0 N–H and O–H groups in total. The van der Waals surface area contributed by atoms with Crippen molar-refractivity contribution in [3.8, 4) is 12.3 Å². The largest absolute Gasteiger partial charge is 0.472 e. The molecule has 7 atom stereocenters. The highest BCUT2D eigenvalue weighted by Crippen LogP contribution is 2.65. The number of Topliss-reactive ketones (excluding diaryl/α,β-unsaturated/α-hetero) is 1. The minimum absolute atomic E-state index is 0.0652. The third-order valence-corrected chi connectivity index (χ3v) is 8.32. The Kier molecular flexibility index (Phi) is 6.81. The van der Waals surface area contributed by atoms with Crippen LogP contribution in [-0.4, -0.2) is 36.4 Å². The van der Waals surface area contributed by atoms with Gasteiger partial charge in [0, 0.05) is 31.2 Å². The molecular formula is C27H32O8. The number of terminal acetylenes is 1. The van der Waals surface area contributed by atoms with Crippen molar-refractivity contribution >= 4 is 23.7 Å². The van der Waals surface area contributed by atoms with E-state index in [-0.39, 0.29) is 24.8 Å². The molecular weight excluding hydrogens is 452 g/mol. The van der Waals surface area contributed by atoms with Gasteiger partial charge < -0.3 is 18.6 Å². The van der Waals surface area contributed by atoms with Crippen molar-refractivity contribution < 1.29 is 37.8 Å². The van der Waals surface area contributed by atoms with Gasteiger partial charge in [0.05, 0.1) is 31.0 Å². The van der Waals surface area contributed by atoms with Gasteiger partial charge in [0.1, 0.15) is 6.10 Å². The lowest BCUT2D eigenvalue weighted by Crippen LogP contribution is -2.64. The summed E-state index contributed by atoms with van der Waals surface area (Å²) < 4.78 is 21.9. The van der Waals surface area contributed by atoms with Gasteiger partial charge in [0.25, 0.3) is 0 Å². The smallest absolute Gasteiger partial charge is 0.310 e. The first kappa shape index (κ1) is 25.0. The van der Waals surface area contributed by atoms with Crippen molar-refractivity contribution in [3.63, 3.8) is 0 Å². The standard InChI is InChI=1S/C27H32O8/c1-5-6-7-11-33-24(30)19-13-20(34-16(2)28)22(29)23-26(19,3)10-8-18-25(31)35-21(14-27(18,23)4)17-9-12-32-15-17/h1,9,12,15,18-21,23H,6-8,10-11,13-14H2,2-4H3/t18-,19+,20+,21+,23+,26+,27+/m1/s1. The number of ether oxygens (including phenoxy) is 3. The quantitative estimate of drug-likeness (QED) is 0.260. The molecule has 8 nitrogen and oxygen atoms in total. The van der Waals surface area contributed by atoms with Crippen molar-refractivity contribution in [2.24, 2.45) is 28.6 Å². The molecule has 1 saturated heterocycles. The van der Waals surface area contributed by atoms with Crippen LogP contribution in [0.2, 0.25) is 0 Å². The van der Waals surface area contributed by atoms with Crippen molar-refractivity contribution in [2.45, 2.75) is 71.5 Å². The van der Waals surface area contributed by atoms with Crippen LogP contribution >= 0.6 is 0 Å². The van der Waals surface area contributed by atoms with Gasteiger partial charge in [-0.2, -0.15) is 0 Å². The van der Waals surface area contributed by atoms with Gasteiger partial charge in [-0.05, 0) is 42.6 Å². The zero-order valence-corrected chi connectivity index (χ0v) is 20.4. The first-order valence-electron chi connectivity index (χ1n) is 12.2. The third kappa shape index (κ3) is 4.37. The number of furan rings is 1. The van der Waals surface area contributed by atoms with E-state index >= 15 is 0 Å². The van der Waals surface area contributed by atoms with E-state index in [9.17, 15) is 19.2 Å². The fourth-order valence-electron chi connectivity index (χ4n) is 6.77. The highest BCUT2D eigenvalue weighted by Gasteiger charge is 2.67. The third-order valence-electron chi connectivity index (χ3n) is 8.32. The van der Waals surface area contributed by atoms with Crippen LogP contribution in [0.1, 0.15) is 71.0 Å². The van der Waals surface area contributed by atoms with Crippen LogP contribution in [0.4, 0.5) is 0 Å². The Morgan fingerprint density at radius 2 is 2.03 bits per heavy atom. The van der Waals surface area contributed by atoms with Gasteiger partial charge in [0.15, 0.2) is 11.9 Å². The zero-order chi connectivity index (χ0) is 25.4. The molecule has 188 valence electrons. The summed E-state index contributed by atoms with van der Waals surface area (Å²) in [5.74, 6) is -0.964. The fourth-order valence-corrected chi connectivity index (χ4v) is 6.77. The number of esters is 3. The Hall–Kier alpha value is -3.08. The summed E-state index contributed by atoms with van der Waals surface area (Å²) in [7, 11) is 0. The molecule has 2 saturated carbocycles. The first-order valence-corrected chi connectivity index (χ1v) is 12.2. The Morgan fingerprint density at radius 3 is 2.69 bits per heavy atom. The Labute approximate surface area is 205 Å². The van der Waals surface area contributed by atoms with Gasteiger partial charge in [-0.25, -0.2) is 0 Å². The van der Waals surface area contributed by atoms with Crippen LogP contribution in [0.3, 0.4) is 0 Å². The monoisotopic (exact) mass is 484 g/mol. The van der Waals surface area contributed by atoms with Gasteiger partial charge in [-0.3, -0.25) is 19.2 Å². The lowest BCUT2D eigenvalue weighted by Gasteiger charge is -2.61. The average Bonchev–Trinajstić information content (AvgIpc) is 3.32. The molecule has 1 aromatic rings. The number of unbranched alkanes of at least 4 members (excludes halogenated alkanes) is 1. The molecule has 0 amide bonds. The van der Waals surface area contributed by atoms with Crippen LogP contribution in [0.15, 0.2) is 23.0 Å². The number of cyclic esters (lactones) is 1. The summed E-state index contributed by atoms with van der Waals surface area (Å²) >= 11 is 0. The number of carbonyl (C=O) groups is 4. The summed E-state index contributed by atoms with van der Waals surface area (Å²) in [5.41, 5.74) is -0.849. The molecule has 35 heavy (non-hydrogen) atoms. The topological polar surface area (TPSA) is 109 Å². The van der Waals surface area contributed by atoms with Crippen LogP contribution in [0, 0.1) is 40.9 Å². The first-order chi connectivity index (χ1) is 16.6. The lowest BCUT2D eigenvalue weighted by molar-refractivity contribution is -0.210. The molecule has 1 aliphatic heterocycles. The maximum absolute atomic E-state index is 13.9. The molecule has 4 rings (SSSR count). The molecule has 0 bridgehead atoms. The SMILES string of the molecule is C#CCCCOC(=O)[C@@H]1C[C@H](OC(C)=O)C(=O)[C@@H]2[C@@]3(C)C[C@@H](c4ccoc4)OC(=O)[C@H]3CC[C@]21C. The number of hydrogen-bond acceptors (Lipinski definition) is 8. The van der Waals surface area contributed by atoms with Crippen molar-refractivity contribution in [2.75, 3.05) is 6.61 Å². The predicted octanol–water partition coefficient (Wildman–Crippen LogP) is 3.78. The van der Waals surface area contributed by atoms with E-state index in [1.165, 1.54) is 19.5 Å². The molecule has 3 fully saturated rings. The van der Waals surface area contributed by atoms with Crippen LogP contribution in [-0.2, 0) is 33.4 Å². The second-order valence-electron chi connectivity index (χ2n) is 10.5. The summed E-state index contributed by atoms with van der Waals surface area (Å²) in [6.07, 6.45) is 9.15. The molecule has 0 unspecified atom stereocenters. The van der Waals surface area contributed by atoms with E-state index in [0.717, 1.165) is 5.56 Å². The maximum atomic E-state index is 13.9. The summed E-state index contributed by atoms with van der Waals surface area (Å²) in [5, 5.41) is 0. The number of ketones is 1. The van der Waals surface area contributed by atoms with Gasteiger partial charge in [0.2, 0.25) is 0 Å². The van der Waals surface area contributed by atoms with Crippen LogP contribution in [0.5, 0.6) is 0 Å². The van der Waals surface area contributed by atoms with E-state index in [1.807, 2.05) is 13.8 Å². The van der Waals surface area contributed by atoms with E-state index < -0.39 is 52.7 Å². The normalized spacial score (nSPS) is 36.2. The second-order valence-corrected chi connectivity index (χ2v) is 10.5. The second kappa shape index (κ2) is 9.52. The molecule has 8 heteroatoms. The fraction of sp³-hybridized carbons (Fsp3) is 0.630. The van der Waals surface area contributed by atoms with E-state index in [0.29, 0.717) is 32.1 Å². The van der Waals surface area contributed by atoms with Gasteiger partial charge in [-0.1, -0.05) is 13.8 Å². The number of hydrogen-bond donors (Lipinski definition) is 0. The minimum Gasteiger partial charge on any atom is -0.472 e. The Bertz CT molecular complexity index is 1040. The number of fused-ring (bicyclic) bond motifs is 3. The maximum Gasteiger partial charge on any atom is 0.310 e. The van der Waals surface area contributed by atoms with E-state index in [4.69, 9.17) is 25.1 Å².